The van der Waals surface area contributed by atoms with E-state index in [1.54, 1.807) is 6.08 Å². The molecule has 0 aliphatic heterocycles. The molecule has 0 unspecified atom stereocenters. The van der Waals surface area contributed by atoms with Crippen molar-refractivity contribution in [2.45, 2.75) is 13.8 Å². The van der Waals surface area contributed by atoms with Gasteiger partial charge in [-0.05, 0) is 32.1 Å². The molecule has 2 aromatic rings. The molecule has 3 heteroatoms. The number of benzene rings is 1. The number of nitrogens with one attached hydrogen (secondary N) is 1. The lowest BCUT2D eigenvalue weighted by atomic mass is 10.2. The lowest BCUT2D eigenvalue weighted by molar-refractivity contribution is 1.09. The van der Waals surface area contributed by atoms with Gasteiger partial charge in [-0.25, -0.2) is 9.97 Å². The second-order valence-electron chi connectivity index (χ2n) is 3.85. The predicted molar refractivity (Wildman–Crippen MR) is 71.9 cm³/mol. The van der Waals surface area contributed by atoms with Crippen LogP contribution in [0.1, 0.15) is 12.7 Å². The molecule has 0 radical (unpaired) electrons. The summed E-state index contributed by atoms with van der Waals surface area (Å²) in [7, 11) is 0. The van der Waals surface area contributed by atoms with Crippen molar-refractivity contribution in [3.05, 3.63) is 54.5 Å². The Labute approximate surface area is 101 Å². The first kappa shape index (κ1) is 11.3. The third kappa shape index (κ3) is 2.50. The Morgan fingerprint density at radius 2 is 2.06 bits per heavy atom. The van der Waals surface area contributed by atoms with Crippen LogP contribution in [-0.2, 0) is 0 Å². The summed E-state index contributed by atoms with van der Waals surface area (Å²) in [5, 5.41) is 4.29. The van der Waals surface area contributed by atoms with Crippen molar-refractivity contribution in [2.75, 3.05) is 5.32 Å². The van der Waals surface area contributed by atoms with Crippen LogP contribution in [0.2, 0.25) is 0 Å². The van der Waals surface area contributed by atoms with Gasteiger partial charge < -0.3 is 5.32 Å². The number of rotatable bonds is 3. The van der Waals surface area contributed by atoms with Gasteiger partial charge in [-0.15, -0.1) is 0 Å². The number of nitrogens with zero attached hydrogens (tertiary/aromatic N) is 2. The van der Waals surface area contributed by atoms with E-state index in [4.69, 9.17) is 0 Å². The number of hydrogen-bond acceptors (Lipinski definition) is 3. The Bertz CT molecular complexity index is 585. The summed E-state index contributed by atoms with van der Waals surface area (Å²) in [5.74, 6) is 1.60. The molecule has 0 spiro atoms. The molecular weight excluding hydrogens is 210 g/mol. The molecule has 1 heterocycles. The van der Waals surface area contributed by atoms with Crippen LogP contribution < -0.4 is 5.32 Å². The first-order valence-corrected chi connectivity index (χ1v) is 5.50. The minimum absolute atomic E-state index is 0.762. The van der Waals surface area contributed by atoms with Gasteiger partial charge in [-0.3, -0.25) is 0 Å². The van der Waals surface area contributed by atoms with Crippen LogP contribution in [0.15, 0.2) is 48.7 Å². The fraction of sp³-hybridized carbons (Fsp3) is 0.143. The van der Waals surface area contributed by atoms with Gasteiger partial charge in [0.15, 0.2) is 0 Å². The lowest BCUT2D eigenvalue weighted by Crippen LogP contribution is -2.01. The smallest absolute Gasteiger partial charge is 0.141 e. The Kier molecular flexibility index (Phi) is 3.19. The number of aryl methyl sites for hydroxylation is 1. The standard InChI is InChI=1S/C14H15N3/c1-4-7-10(2)15-14-12-8-5-6-9-13(12)16-11(3)17-14/h4-9H,1H2,2-3H3,(H,15,16,17)/b10-7+. The first-order valence-electron chi connectivity index (χ1n) is 5.50. The van der Waals surface area contributed by atoms with Crippen LogP contribution in [0.4, 0.5) is 5.82 Å². The second-order valence-corrected chi connectivity index (χ2v) is 3.85. The van der Waals surface area contributed by atoms with Crippen molar-refractivity contribution in [1.29, 1.82) is 0 Å². The topological polar surface area (TPSA) is 37.8 Å². The molecule has 86 valence electrons. The summed E-state index contributed by atoms with van der Waals surface area (Å²) >= 11 is 0. The third-order valence-corrected chi connectivity index (χ3v) is 2.40. The largest absolute Gasteiger partial charge is 0.343 e. The molecule has 0 aliphatic rings. The van der Waals surface area contributed by atoms with E-state index in [1.165, 1.54) is 0 Å². The third-order valence-electron chi connectivity index (χ3n) is 2.40. The molecule has 1 aromatic carbocycles. The minimum atomic E-state index is 0.762. The highest BCUT2D eigenvalue weighted by atomic mass is 15.0. The molecule has 3 nitrogen and oxygen atoms in total. The summed E-state index contributed by atoms with van der Waals surface area (Å²) in [4.78, 5) is 8.83. The maximum atomic E-state index is 4.43. The first-order chi connectivity index (χ1) is 8.20. The van der Waals surface area contributed by atoms with Crippen molar-refractivity contribution in [3.63, 3.8) is 0 Å². The molecule has 0 saturated carbocycles. The number of allylic oxidation sites excluding steroid dienone is 3. The number of anilines is 1. The number of fused-ring (bicyclic) bond motifs is 1. The van der Waals surface area contributed by atoms with Gasteiger partial charge in [0, 0.05) is 11.1 Å². The van der Waals surface area contributed by atoms with Crippen LogP contribution >= 0.6 is 0 Å². The Balaban J connectivity index is 2.52. The van der Waals surface area contributed by atoms with Crippen LogP contribution in [0.5, 0.6) is 0 Å². The van der Waals surface area contributed by atoms with Crippen molar-refractivity contribution < 1.29 is 0 Å². The summed E-state index contributed by atoms with van der Waals surface area (Å²) in [6.45, 7) is 7.55. The molecule has 0 atom stereocenters. The SMILES string of the molecule is C=C/C=C(\C)Nc1nc(C)nc2ccccc12. The molecule has 0 aliphatic carbocycles. The van der Waals surface area contributed by atoms with E-state index in [0.29, 0.717) is 0 Å². The Hall–Kier alpha value is -2.16. The normalized spacial score (nSPS) is 11.5. The Morgan fingerprint density at radius 1 is 1.29 bits per heavy atom. The van der Waals surface area contributed by atoms with Crippen molar-refractivity contribution >= 4 is 16.7 Å². The number of para-hydroxylation sites is 1. The van der Waals surface area contributed by atoms with Gasteiger partial charge in [0.2, 0.25) is 0 Å². The number of aromatic nitrogens is 2. The van der Waals surface area contributed by atoms with Gasteiger partial charge in [-0.1, -0.05) is 24.8 Å². The van der Waals surface area contributed by atoms with E-state index in [9.17, 15) is 0 Å². The molecule has 2 rings (SSSR count). The van der Waals surface area contributed by atoms with Gasteiger partial charge in [-0.2, -0.15) is 0 Å². The van der Waals surface area contributed by atoms with Crippen molar-refractivity contribution in [3.8, 4) is 0 Å². The van der Waals surface area contributed by atoms with E-state index >= 15 is 0 Å². The lowest BCUT2D eigenvalue weighted by Gasteiger charge is -2.09. The summed E-state index contributed by atoms with van der Waals surface area (Å²) in [6.07, 6.45) is 3.66. The summed E-state index contributed by atoms with van der Waals surface area (Å²) in [5.41, 5.74) is 1.96. The molecule has 17 heavy (non-hydrogen) atoms. The highest BCUT2D eigenvalue weighted by Crippen LogP contribution is 2.20. The van der Waals surface area contributed by atoms with Gasteiger partial charge in [0.1, 0.15) is 11.6 Å². The van der Waals surface area contributed by atoms with Crippen LogP contribution in [0.25, 0.3) is 10.9 Å². The zero-order valence-electron chi connectivity index (χ0n) is 10.1. The molecule has 0 bridgehead atoms. The highest BCUT2D eigenvalue weighted by molar-refractivity contribution is 5.89. The Morgan fingerprint density at radius 3 is 2.82 bits per heavy atom. The summed E-state index contributed by atoms with van der Waals surface area (Å²) < 4.78 is 0. The summed E-state index contributed by atoms with van der Waals surface area (Å²) in [6, 6.07) is 7.96. The van der Waals surface area contributed by atoms with E-state index in [2.05, 4.69) is 21.9 Å². The average molecular weight is 225 g/mol. The molecule has 0 amide bonds. The zero-order chi connectivity index (χ0) is 12.3. The van der Waals surface area contributed by atoms with Crippen molar-refractivity contribution in [1.82, 2.24) is 9.97 Å². The molecule has 1 aromatic heterocycles. The van der Waals surface area contributed by atoms with Gasteiger partial charge in [0.25, 0.3) is 0 Å². The van der Waals surface area contributed by atoms with Crippen molar-refractivity contribution in [2.24, 2.45) is 0 Å². The van der Waals surface area contributed by atoms with E-state index in [0.717, 1.165) is 28.2 Å². The molecular formula is C14H15N3. The second kappa shape index (κ2) is 4.78. The average Bonchev–Trinajstić information content (AvgIpc) is 2.29. The van der Waals surface area contributed by atoms with E-state index in [1.807, 2.05) is 44.2 Å². The minimum Gasteiger partial charge on any atom is -0.343 e. The maximum absolute atomic E-state index is 4.43. The highest BCUT2D eigenvalue weighted by Gasteiger charge is 2.04. The quantitative estimate of drug-likeness (QED) is 0.813. The van der Waals surface area contributed by atoms with E-state index in [-0.39, 0.29) is 0 Å². The van der Waals surface area contributed by atoms with Crippen LogP contribution in [0.3, 0.4) is 0 Å². The van der Waals surface area contributed by atoms with Crippen LogP contribution in [-0.4, -0.2) is 9.97 Å². The maximum Gasteiger partial charge on any atom is 0.141 e. The monoisotopic (exact) mass is 225 g/mol. The molecule has 0 saturated heterocycles. The van der Waals surface area contributed by atoms with E-state index < -0.39 is 0 Å². The zero-order valence-corrected chi connectivity index (χ0v) is 10.1. The van der Waals surface area contributed by atoms with Crippen LogP contribution in [0, 0.1) is 6.92 Å². The fourth-order valence-electron chi connectivity index (χ4n) is 1.69. The van der Waals surface area contributed by atoms with Gasteiger partial charge >= 0.3 is 0 Å². The van der Waals surface area contributed by atoms with Gasteiger partial charge in [0.05, 0.1) is 5.52 Å². The predicted octanol–water partition coefficient (Wildman–Crippen LogP) is 3.44. The number of hydrogen-bond donors (Lipinski definition) is 1. The molecule has 1 N–H and O–H groups in total. The molecule has 0 fully saturated rings. The fourth-order valence-corrected chi connectivity index (χ4v) is 1.69.